The highest BCUT2D eigenvalue weighted by Crippen LogP contribution is 2.41. The third kappa shape index (κ3) is 2.99. The molecule has 1 aliphatic heterocycles. The minimum absolute atomic E-state index is 0.0414. The summed E-state index contributed by atoms with van der Waals surface area (Å²) in [6.07, 6.45) is -5.41. The van der Waals surface area contributed by atoms with Crippen molar-refractivity contribution < 1.29 is 23.1 Å². The summed E-state index contributed by atoms with van der Waals surface area (Å²) in [4.78, 5) is 12.3. The molecule has 0 unspecified atom stereocenters. The van der Waals surface area contributed by atoms with E-state index in [4.69, 9.17) is 0 Å². The minimum Gasteiger partial charge on any atom is -0.362 e. The van der Waals surface area contributed by atoms with E-state index in [2.05, 4.69) is 5.10 Å². The van der Waals surface area contributed by atoms with Gasteiger partial charge in [0.1, 0.15) is 0 Å². The van der Waals surface area contributed by atoms with E-state index in [0.717, 1.165) is 0 Å². The maximum absolute atomic E-state index is 13.3. The molecule has 1 amide bonds. The highest BCUT2D eigenvalue weighted by Gasteiger charge is 2.63. The van der Waals surface area contributed by atoms with Crippen LogP contribution in [0.3, 0.4) is 0 Å². The maximum Gasteiger partial charge on any atom is 0.438 e. The van der Waals surface area contributed by atoms with Crippen LogP contribution in [0.2, 0.25) is 0 Å². The van der Waals surface area contributed by atoms with Crippen molar-refractivity contribution in [2.24, 2.45) is 11.0 Å². The molecule has 120 valence electrons. The average molecular weight is 314 g/mol. The van der Waals surface area contributed by atoms with E-state index in [1.807, 2.05) is 13.8 Å². The Labute approximate surface area is 126 Å². The molecule has 0 aromatic heterocycles. The lowest BCUT2D eigenvalue weighted by Gasteiger charge is -2.32. The van der Waals surface area contributed by atoms with Crippen LogP contribution in [0.1, 0.15) is 37.0 Å². The van der Waals surface area contributed by atoms with Gasteiger partial charge in [0.2, 0.25) is 0 Å². The second kappa shape index (κ2) is 5.72. The molecular weight excluding hydrogens is 297 g/mol. The lowest BCUT2D eigenvalue weighted by molar-refractivity contribution is -0.297. The first-order chi connectivity index (χ1) is 10.1. The van der Waals surface area contributed by atoms with Gasteiger partial charge in [0, 0.05) is 17.7 Å². The zero-order chi connectivity index (χ0) is 16.5. The van der Waals surface area contributed by atoms with E-state index < -0.39 is 24.2 Å². The summed E-state index contributed by atoms with van der Waals surface area (Å²) in [5.74, 6) is -0.901. The van der Waals surface area contributed by atoms with Gasteiger partial charge in [-0.3, -0.25) is 4.79 Å². The summed E-state index contributed by atoms with van der Waals surface area (Å²) in [7, 11) is 0. The quantitative estimate of drug-likeness (QED) is 0.931. The fourth-order valence-corrected chi connectivity index (χ4v) is 2.34. The van der Waals surface area contributed by atoms with E-state index in [1.54, 1.807) is 6.07 Å². The van der Waals surface area contributed by atoms with Gasteiger partial charge in [-0.05, 0) is 24.5 Å². The predicted molar refractivity (Wildman–Crippen MR) is 75.1 cm³/mol. The first-order valence-electron chi connectivity index (χ1n) is 6.90. The molecule has 1 atom stereocenters. The number of carbonyl (C=O) groups excluding carboxylic acids is 1. The Morgan fingerprint density at radius 2 is 1.95 bits per heavy atom. The average Bonchev–Trinajstić information content (AvgIpc) is 2.76. The van der Waals surface area contributed by atoms with Gasteiger partial charge in [0.05, 0.1) is 0 Å². The summed E-state index contributed by atoms with van der Waals surface area (Å²) in [6, 6.07) is 7.48. The topological polar surface area (TPSA) is 52.9 Å². The molecule has 0 fully saturated rings. The number of amides is 1. The molecule has 0 spiro atoms. The van der Waals surface area contributed by atoms with E-state index in [9.17, 15) is 23.1 Å². The molecule has 1 N–H and O–H groups in total. The third-order valence-corrected chi connectivity index (χ3v) is 3.35. The van der Waals surface area contributed by atoms with Crippen molar-refractivity contribution in [2.45, 2.75) is 38.6 Å². The Morgan fingerprint density at radius 1 is 1.36 bits per heavy atom. The van der Waals surface area contributed by atoms with Gasteiger partial charge in [0.15, 0.2) is 0 Å². The van der Waals surface area contributed by atoms with Gasteiger partial charge in [-0.25, -0.2) is 0 Å². The molecule has 1 aromatic carbocycles. The summed E-state index contributed by atoms with van der Waals surface area (Å²) in [6.45, 7) is 3.66. The molecule has 0 radical (unpaired) electrons. The number of alkyl halides is 3. The van der Waals surface area contributed by atoms with Crippen molar-refractivity contribution in [1.29, 1.82) is 0 Å². The van der Waals surface area contributed by atoms with Crippen molar-refractivity contribution >= 4 is 11.6 Å². The molecule has 4 nitrogen and oxygen atoms in total. The van der Waals surface area contributed by atoms with Crippen LogP contribution in [0, 0.1) is 5.92 Å². The van der Waals surface area contributed by atoms with Crippen molar-refractivity contribution in [3.05, 3.63) is 35.9 Å². The minimum atomic E-state index is -4.99. The molecule has 1 aromatic rings. The number of benzene rings is 1. The monoisotopic (exact) mass is 314 g/mol. The number of aliphatic hydroxyl groups is 1. The second-order valence-corrected chi connectivity index (χ2v) is 5.74. The molecule has 0 saturated carbocycles. The maximum atomic E-state index is 13.3. The van der Waals surface area contributed by atoms with Gasteiger partial charge in [0.25, 0.3) is 11.6 Å². The first kappa shape index (κ1) is 16.5. The molecule has 0 saturated heterocycles. The second-order valence-electron chi connectivity index (χ2n) is 5.74. The molecule has 1 heterocycles. The molecule has 2 rings (SSSR count). The van der Waals surface area contributed by atoms with Crippen LogP contribution in [0.15, 0.2) is 35.4 Å². The van der Waals surface area contributed by atoms with Crippen LogP contribution >= 0.6 is 0 Å². The van der Waals surface area contributed by atoms with Gasteiger partial charge >= 0.3 is 6.18 Å². The van der Waals surface area contributed by atoms with Crippen LogP contribution < -0.4 is 0 Å². The van der Waals surface area contributed by atoms with Crippen LogP contribution in [-0.4, -0.2) is 33.6 Å². The Morgan fingerprint density at radius 3 is 2.45 bits per heavy atom. The number of hydrogen-bond acceptors (Lipinski definition) is 3. The number of rotatable bonds is 3. The zero-order valence-corrected chi connectivity index (χ0v) is 12.3. The van der Waals surface area contributed by atoms with E-state index in [-0.39, 0.29) is 28.6 Å². The number of nitrogens with zero attached hydrogens (tertiary/aromatic N) is 2. The lowest BCUT2D eigenvalue weighted by atomic mass is 9.99. The lowest BCUT2D eigenvalue weighted by Crippen LogP contribution is -2.56. The fraction of sp³-hybridized carbons (Fsp3) is 0.467. The Balaban J connectivity index is 2.39. The molecule has 1 aliphatic rings. The van der Waals surface area contributed by atoms with Crippen LogP contribution in [0.4, 0.5) is 13.2 Å². The number of halogens is 3. The summed E-state index contributed by atoms with van der Waals surface area (Å²) in [5.41, 5.74) is -3.08. The molecular formula is C15H17F3N2O2. The zero-order valence-electron chi connectivity index (χ0n) is 12.3. The Hall–Kier alpha value is -1.89. The van der Waals surface area contributed by atoms with Crippen molar-refractivity contribution in [2.75, 3.05) is 0 Å². The molecule has 7 heteroatoms. The van der Waals surface area contributed by atoms with Crippen LogP contribution in [0.5, 0.6) is 0 Å². The Bertz CT molecular complexity index is 584. The number of hydrazone groups is 1. The SMILES string of the molecule is CC(C)CC1=NN(C(=O)c2ccccc2)[C@](O)(C(F)(F)F)C1. The fourth-order valence-electron chi connectivity index (χ4n) is 2.34. The van der Waals surface area contributed by atoms with E-state index >= 15 is 0 Å². The summed E-state index contributed by atoms with van der Waals surface area (Å²) < 4.78 is 39.8. The number of carbonyl (C=O) groups is 1. The summed E-state index contributed by atoms with van der Waals surface area (Å²) >= 11 is 0. The standard InChI is InChI=1S/C15H17F3N2O2/c1-10(2)8-12-9-14(22,15(16,17)18)20(19-12)13(21)11-6-4-3-5-7-11/h3-7,10,22H,8-9H2,1-2H3/t14-/m1/s1. The Kier molecular flexibility index (Phi) is 4.28. The van der Waals surface area contributed by atoms with Gasteiger partial charge in [-0.15, -0.1) is 0 Å². The first-order valence-corrected chi connectivity index (χ1v) is 6.90. The molecule has 0 aliphatic carbocycles. The number of hydrogen-bond donors (Lipinski definition) is 1. The highest BCUT2D eigenvalue weighted by molar-refractivity contribution is 5.98. The molecule has 22 heavy (non-hydrogen) atoms. The van der Waals surface area contributed by atoms with Crippen molar-refractivity contribution in [3.63, 3.8) is 0 Å². The summed E-state index contributed by atoms with van der Waals surface area (Å²) in [5, 5.41) is 14.0. The van der Waals surface area contributed by atoms with Gasteiger partial charge < -0.3 is 5.11 Å². The van der Waals surface area contributed by atoms with Crippen molar-refractivity contribution in [1.82, 2.24) is 5.01 Å². The van der Waals surface area contributed by atoms with Crippen LogP contribution in [0.25, 0.3) is 0 Å². The van der Waals surface area contributed by atoms with E-state index in [0.29, 0.717) is 0 Å². The smallest absolute Gasteiger partial charge is 0.362 e. The normalized spacial score (nSPS) is 22.1. The van der Waals surface area contributed by atoms with E-state index in [1.165, 1.54) is 24.3 Å². The van der Waals surface area contributed by atoms with Crippen LogP contribution in [-0.2, 0) is 0 Å². The van der Waals surface area contributed by atoms with Gasteiger partial charge in [-0.1, -0.05) is 32.0 Å². The highest BCUT2D eigenvalue weighted by atomic mass is 19.4. The van der Waals surface area contributed by atoms with Gasteiger partial charge in [-0.2, -0.15) is 23.3 Å². The third-order valence-electron chi connectivity index (χ3n) is 3.35. The predicted octanol–water partition coefficient (Wildman–Crippen LogP) is 3.19. The molecule has 0 bridgehead atoms. The largest absolute Gasteiger partial charge is 0.438 e. The van der Waals surface area contributed by atoms with Crippen molar-refractivity contribution in [3.8, 4) is 0 Å².